The van der Waals surface area contributed by atoms with Crippen LogP contribution >= 0.6 is 0 Å². The summed E-state index contributed by atoms with van der Waals surface area (Å²) in [6.07, 6.45) is 0. The predicted octanol–water partition coefficient (Wildman–Crippen LogP) is 1.92. The molecule has 0 aliphatic carbocycles. The van der Waals surface area contributed by atoms with Crippen molar-refractivity contribution >= 4 is 17.3 Å². The third-order valence-electron chi connectivity index (χ3n) is 2.76. The highest BCUT2D eigenvalue weighted by Crippen LogP contribution is 2.29. The number of ether oxygens (including phenoxy) is 1. The molecule has 0 saturated carbocycles. The highest BCUT2D eigenvalue weighted by Gasteiger charge is 2.22. The van der Waals surface area contributed by atoms with E-state index in [0.29, 0.717) is 12.4 Å². The number of amides is 1. The fourth-order valence-electron chi connectivity index (χ4n) is 1.54. The molecule has 1 rings (SSSR count). The zero-order valence-corrected chi connectivity index (χ0v) is 11.8. The SMILES string of the molecule is CCOc1ccc(NC(=O)[C@H](N)C(C)C)c([N+](=O)[O-])c1. The van der Waals surface area contributed by atoms with Crippen LogP contribution in [0.3, 0.4) is 0 Å². The maximum Gasteiger partial charge on any atom is 0.296 e. The number of carbonyl (C=O) groups excluding carboxylic acids is 1. The molecular formula is C13H19N3O4. The van der Waals surface area contributed by atoms with Gasteiger partial charge in [0, 0.05) is 0 Å². The van der Waals surface area contributed by atoms with Crippen molar-refractivity contribution in [3.63, 3.8) is 0 Å². The van der Waals surface area contributed by atoms with Gasteiger partial charge in [-0.2, -0.15) is 0 Å². The quantitative estimate of drug-likeness (QED) is 0.611. The van der Waals surface area contributed by atoms with Crippen molar-refractivity contribution < 1.29 is 14.5 Å². The average molecular weight is 281 g/mol. The summed E-state index contributed by atoms with van der Waals surface area (Å²) in [5.41, 5.74) is 5.59. The molecule has 1 amide bonds. The van der Waals surface area contributed by atoms with Gasteiger partial charge in [0.05, 0.1) is 23.6 Å². The van der Waals surface area contributed by atoms with E-state index in [2.05, 4.69) is 5.32 Å². The van der Waals surface area contributed by atoms with Gasteiger partial charge in [0.25, 0.3) is 5.69 Å². The summed E-state index contributed by atoms with van der Waals surface area (Å²) < 4.78 is 5.20. The fraction of sp³-hybridized carbons (Fsp3) is 0.462. The topological polar surface area (TPSA) is 107 Å². The van der Waals surface area contributed by atoms with Crippen molar-refractivity contribution in [3.05, 3.63) is 28.3 Å². The Balaban J connectivity index is 3.00. The highest BCUT2D eigenvalue weighted by molar-refractivity contribution is 5.96. The lowest BCUT2D eigenvalue weighted by Crippen LogP contribution is -2.39. The number of rotatable bonds is 6. The molecule has 1 aromatic rings. The van der Waals surface area contributed by atoms with Gasteiger partial charge in [-0.1, -0.05) is 13.8 Å². The van der Waals surface area contributed by atoms with Crippen molar-refractivity contribution in [1.82, 2.24) is 0 Å². The Morgan fingerprint density at radius 1 is 1.50 bits per heavy atom. The molecule has 7 nitrogen and oxygen atoms in total. The van der Waals surface area contributed by atoms with E-state index in [-0.39, 0.29) is 17.3 Å². The zero-order valence-electron chi connectivity index (χ0n) is 11.8. The lowest BCUT2D eigenvalue weighted by Gasteiger charge is -2.15. The first-order valence-corrected chi connectivity index (χ1v) is 6.34. The number of benzene rings is 1. The van der Waals surface area contributed by atoms with Crippen LogP contribution in [0, 0.1) is 16.0 Å². The summed E-state index contributed by atoms with van der Waals surface area (Å²) in [6.45, 7) is 5.79. The second kappa shape index (κ2) is 6.85. The number of hydrogen-bond acceptors (Lipinski definition) is 5. The smallest absolute Gasteiger partial charge is 0.296 e. The van der Waals surface area contributed by atoms with Crippen LogP contribution < -0.4 is 15.8 Å². The highest BCUT2D eigenvalue weighted by atomic mass is 16.6. The normalized spacial score (nSPS) is 12.1. The second-order valence-corrected chi connectivity index (χ2v) is 4.63. The molecule has 1 aromatic carbocycles. The van der Waals surface area contributed by atoms with E-state index in [4.69, 9.17) is 10.5 Å². The molecule has 20 heavy (non-hydrogen) atoms. The molecule has 0 aliphatic heterocycles. The fourth-order valence-corrected chi connectivity index (χ4v) is 1.54. The van der Waals surface area contributed by atoms with Crippen molar-refractivity contribution in [2.75, 3.05) is 11.9 Å². The van der Waals surface area contributed by atoms with E-state index < -0.39 is 16.9 Å². The molecule has 110 valence electrons. The zero-order chi connectivity index (χ0) is 15.3. The van der Waals surface area contributed by atoms with Gasteiger partial charge in [0.1, 0.15) is 11.4 Å². The molecule has 1 atom stereocenters. The van der Waals surface area contributed by atoms with Gasteiger partial charge in [-0.25, -0.2) is 0 Å². The standard InChI is InChI=1S/C13H19N3O4/c1-4-20-9-5-6-10(11(7-9)16(18)19)15-13(17)12(14)8(2)3/h5-8,12H,4,14H2,1-3H3,(H,15,17)/t12-/m1/s1. The first kappa shape index (κ1) is 15.9. The van der Waals surface area contributed by atoms with Crippen molar-refractivity contribution in [1.29, 1.82) is 0 Å². The minimum absolute atomic E-state index is 0.0586. The molecule has 0 radical (unpaired) electrons. The van der Waals surface area contributed by atoms with Crippen LogP contribution in [0.25, 0.3) is 0 Å². The summed E-state index contributed by atoms with van der Waals surface area (Å²) in [5.74, 6) is -0.130. The number of nitro groups is 1. The molecular weight excluding hydrogens is 262 g/mol. The molecule has 7 heteroatoms. The number of anilines is 1. The third-order valence-corrected chi connectivity index (χ3v) is 2.76. The summed E-state index contributed by atoms with van der Waals surface area (Å²) in [4.78, 5) is 22.3. The third kappa shape index (κ3) is 3.92. The van der Waals surface area contributed by atoms with E-state index in [0.717, 1.165) is 0 Å². The van der Waals surface area contributed by atoms with Gasteiger partial charge in [-0.3, -0.25) is 14.9 Å². The molecule has 0 aliphatic rings. The second-order valence-electron chi connectivity index (χ2n) is 4.63. The van der Waals surface area contributed by atoms with Crippen LogP contribution in [0.1, 0.15) is 20.8 Å². The minimum atomic E-state index is -0.721. The lowest BCUT2D eigenvalue weighted by atomic mass is 10.0. The molecule has 0 saturated heterocycles. The number of nitrogens with zero attached hydrogens (tertiary/aromatic N) is 1. The molecule has 3 N–H and O–H groups in total. The van der Waals surface area contributed by atoms with Gasteiger partial charge < -0.3 is 15.8 Å². The number of hydrogen-bond donors (Lipinski definition) is 2. The Morgan fingerprint density at radius 2 is 2.15 bits per heavy atom. The Labute approximate surface area is 117 Å². The van der Waals surface area contributed by atoms with E-state index in [1.165, 1.54) is 12.1 Å². The van der Waals surface area contributed by atoms with Crippen molar-refractivity contribution in [2.24, 2.45) is 11.7 Å². The van der Waals surface area contributed by atoms with Crippen LogP contribution in [0.15, 0.2) is 18.2 Å². The summed E-state index contributed by atoms with van der Waals surface area (Å²) >= 11 is 0. The lowest BCUT2D eigenvalue weighted by molar-refractivity contribution is -0.384. The van der Waals surface area contributed by atoms with Crippen LogP contribution in [0.5, 0.6) is 5.75 Å². The van der Waals surface area contributed by atoms with E-state index >= 15 is 0 Å². The Kier molecular flexibility index (Phi) is 5.45. The van der Waals surface area contributed by atoms with Gasteiger partial charge >= 0.3 is 0 Å². The largest absolute Gasteiger partial charge is 0.494 e. The number of nitro benzene ring substituents is 1. The molecule has 0 bridgehead atoms. The van der Waals surface area contributed by atoms with Gasteiger partial charge in [-0.15, -0.1) is 0 Å². The van der Waals surface area contributed by atoms with E-state index in [1.807, 2.05) is 0 Å². The Morgan fingerprint density at radius 3 is 2.65 bits per heavy atom. The van der Waals surface area contributed by atoms with Crippen LogP contribution in [0.4, 0.5) is 11.4 Å². The summed E-state index contributed by atoms with van der Waals surface area (Å²) in [6, 6.07) is 3.56. The first-order chi connectivity index (χ1) is 9.36. The molecule has 0 unspecified atom stereocenters. The summed E-state index contributed by atoms with van der Waals surface area (Å²) in [7, 11) is 0. The van der Waals surface area contributed by atoms with Crippen molar-refractivity contribution in [2.45, 2.75) is 26.8 Å². The van der Waals surface area contributed by atoms with E-state index in [9.17, 15) is 14.9 Å². The van der Waals surface area contributed by atoms with Crippen LogP contribution in [-0.4, -0.2) is 23.5 Å². The molecule has 0 aromatic heterocycles. The summed E-state index contributed by atoms with van der Waals surface area (Å²) in [5, 5.41) is 13.5. The van der Waals surface area contributed by atoms with Gasteiger partial charge in [0.2, 0.25) is 5.91 Å². The Bertz CT molecular complexity index is 502. The maximum absolute atomic E-state index is 11.8. The maximum atomic E-state index is 11.8. The average Bonchev–Trinajstić information content (AvgIpc) is 2.39. The molecule has 0 fully saturated rings. The minimum Gasteiger partial charge on any atom is -0.494 e. The van der Waals surface area contributed by atoms with Crippen LogP contribution in [0.2, 0.25) is 0 Å². The van der Waals surface area contributed by atoms with E-state index in [1.54, 1.807) is 26.8 Å². The number of nitrogens with two attached hydrogens (primary N) is 1. The van der Waals surface area contributed by atoms with Gasteiger partial charge in [0.15, 0.2) is 0 Å². The number of carbonyl (C=O) groups is 1. The van der Waals surface area contributed by atoms with Crippen LogP contribution in [-0.2, 0) is 4.79 Å². The van der Waals surface area contributed by atoms with Crippen molar-refractivity contribution in [3.8, 4) is 5.75 Å². The molecule has 0 heterocycles. The number of nitrogens with one attached hydrogen (secondary N) is 1. The predicted molar refractivity (Wildman–Crippen MR) is 75.7 cm³/mol. The monoisotopic (exact) mass is 281 g/mol. The first-order valence-electron chi connectivity index (χ1n) is 6.34. The van der Waals surface area contributed by atoms with Gasteiger partial charge in [-0.05, 0) is 25.0 Å². The molecule has 0 spiro atoms. The Hall–Kier alpha value is -2.15.